The zero-order valence-electron chi connectivity index (χ0n) is 14.5. The summed E-state index contributed by atoms with van der Waals surface area (Å²) >= 11 is 0. The number of aromatic amines is 1. The van der Waals surface area contributed by atoms with Crippen LogP contribution < -0.4 is 0 Å². The molecule has 0 bridgehead atoms. The molecular formula is C19H27N3O. The van der Waals surface area contributed by atoms with Crippen molar-refractivity contribution in [3.63, 3.8) is 0 Å². The minimum Gasteiger partial charge on any atom is -0.368 e. The number of pyridine rings is 1. The second kappa shape index (κ2) is 5.32. The summed E-state index contributed by atoms with van der Waals surface area (Å²) < 4.78 is 6.40. The highest BCUT2D eigenvalue weighted by Crippen LogP contribution is 2.49. The molecule has 0 radical (unpaired) electrons. The van der Waals surface area contributed by atoms with E-state index in [1.165, 1.54) is 35.9 Å². The molecule has 2 aromatic rings. The molecule has 0 saturated heterocycles. The number of rotatable bonds is 2. The van der Waals surface area contributed by atoms with Crippen LogP contribution in [-0.2, 0) is 16.8 Å². The fourth-order valence-electron chi connectivity index (χ4n) is 4.78. The second-order valence-corrected chi connectivity index (χ2v) is 7.44. The van der Waals surface area contributed by atoms with Gasteiger partial charge in [0.15, 0.2) is 0 Å². The second-order valence-electron chi connectivity index (χ2n) is 7.44. The summed E-state index contributed by atoms with van der Waals surface area (Å²) in [5.74, 6) is 0. The van der Waals surface area contributed by atoms with E-state index in [1.54, 1.807) is 0 Å². The van der Waals surface area contributed by atoms with Gasteiger partial charge in [-0.2, -0.15) is 0 Å². The molecule has 1 aliphatic carbocycles. The molecule has 2 aliphatic rings. The van der Waals surface area contributed by atoms with Crippen LogP contribution >= 0.6 is 0 Å². The van der Waals surface area contributed by atoms with E-state index in [9.17, 15) is 0 Å². The Bertz CT molecular complexity index is 710. The Morgan fingerprint density at radius 2 is 2.04 bits per heavy atom. The van der Waals surface area contributed by atoms with E-state index in [1.807, 2.05) is 12.3 Å². The predicted octanol–water partition coefficient (Wildman–Crippen LogP) is 3.62. The van der Waals surface area contributed by atoms with Crippen molar-refractivity contribution < 1.29 is 4.74 Å². The molecule has 3 heterocycles. The molecule has 0 amide bonds. The molecule has 1 fully saturated rings. The van der Waals surface area contributed by atoms with Gasteiger partial charge >= 0.3 is 0 Å². The van der Waals surface area contributed by atoms with Crippen molar-refractivity contribution >= 4 is 11.0 Å². The Morgan fingerprint density at radius 1 is 1.26 bits per heavy atom. The molecule has 23 heavy (non-hydrogen) atoms. The molecular weight excluding hydrogens is 286 g/mol. The Balaban J connectivity index is 1.73. The van der Waals surface area contributed by atoms with Crippen LogP contribution in [0.25, 0.3) is 11.0 Å². The number of aromatic nitrogens is 2. The Labute approximate surface area is 138 Å². The fraction of sp³-hybridized carbons (Fsp3) is 0.632. The van der Waals surface area contributed by atoms with Crippen molar-refractivity contribution in [1.82, 2.24) is 14.9 Å². The van der Waals surface area contributed by atoms with Crippen LogP contribution in [0.4, 0.5) is 0 Å². The Hall–Kier alpha value is -1.39. The predicted molar refractivity (Wildman–Crippen MR) is 92.6 cm³/mol. The quantitative estimate of drug-likeness (QED) is 0.921. The molecule has 1 saturated carbocycles. The highest BCUT2D eigenvalue weighted by Gasteiger charge is 2.47. The maximum Gasteiger partial charge on any atom is 0.137 e. The highest BCUT2D eigenvalue weighted by atomic mass is 16.5. The van der Waals surface area contributed by atoms with E-state index in [2.05, 4.69) is 42.0 Å². The van der Waals surface area contributed by atoms with Crippen molar-refractivity contribution in [2.45, 2.75) is 56.6 Å². The molecule has 0 atom stereocenters. The third kappa shape index (κ3) is 2.15. The monoisotopic (exact) mass is 313 g/mol. The minimum absolute atomic E-state index is 0.122. The van der Waals surface area contributed by atoms with E-state index in [0.717, 1.165) is 31.5 Å². The van der Waals surface area contributed by atoms with Crippen molar-refractivity contribution in [2.75, 3.05) is 20.7 Å². The third-order valence-electron chi connectivity index (χ3n) is 6.46. The summed E-state index contributed by atoms with van der Waals surface area (Å²) in [4.78, 5) is 10.5. The summed E-state index contributed by atoms with van der Waals surface area (Å²) in [6.45, 7) is 3.15. The van der Waals surface area contributed by atoms with Gasteiger partial charge in [0.1, 0.15) is 11.2 Å². The lowest BCUT2D eigenvalue weighted by atomic mass is 9.69. The van der Waals surface area contributed by atoms with Gasteiger partial charge in [0.05, 0.1) is 12.3 Å². The molecule has 0 unspecified atom stereocenters. The summed E-state index contributed by atoms with van der Waals surface area (Å²) in [6, 6.07) is 4.23. The topological polar surface area (TPSA) is 41.1 Å². The minimum atomic E-state index is -0.122. The number of ether oxygens (including phenoxy) is 1. The van der Waals surface area contributed by atoms with Crippen molar-refractivity contribution in [2.24, 2.45) is 0 Å². The first-order valence-electron chi connectivity index (χ1n) is 8.88. The summed E-state index contributed by atoms with van der Waals surface area (Å²) in [6.07, 6.45) is 8.65. The fourth-order valence-corrected chi connectivity index (χ4v) is 4.78. The average molecular weight is 313 g/mol. The first-order chi connectivity index (χ1) is 11.1. The zero-order valence-corrected chi connectivity index (χ0v) is 14.5. The first-order valence-corrected chi connectivity index (χ1v) is 8.88. The van der Waals surface area contributed by atoms with Crippen LogP contribution in [0.5, 0.6) is 0 Å². The largest absolute Gasteiger partial charge is 0.368 e. The van der Waals surface area contributed by atoms with Crippen LogP contribution in [0.3, 0.4) is 0 Å². The summed E-state index contributed by atoms with van der Waals surface area (Å²) in [7, 11) is 4.45. The first kappa shape index (κ1) is 15.2. The summed E-state index contributed by atoms with van der Waals surface area (Å²) in [5.41, 5.74) is 3.97. The third-order valence-corrected chi connectivity index (χ3v) is 6.46. The van der Waals surface area contributed by atoms with Gasteiger partial charge in [-0.3, -0.25) is 0 Å². The maximum atomic E-state index is 6.40. The SMILES string of the molecule is CCC1(N(C)C)CCC2(CC1)OCCc1c2[nH]c2ncccc12. The lowest BCUT2D eigenvalue weighted by molar-refractivity contribution is -0.112. The maximum absolute atomic E-state index is 6.40. The number of hydrogen-bond acceptors (Lipinski definition) is 3. The molecule has 2 aromatic heterocycles. The molecule has 4 rings (SSSR count). The van der Waals surface area contributed by atoms with Gasteiger partial charge in [-0.25, -0.2) is 4.98 Å². The molecule has 1 N–H and O–H groups in total. The van der Waals surface area contributed by atoms with Gasteiger partial charge < -0.3 is 14.6 Å². The highest BCUT2D eigenvalue weighted by molar-refractivity contribution is 5.82. The van der Waals surface area contributed by atoms with Gasteiger partial charge in [-0.05, 0) is 70.3 Å². The van der Waals surface area contributed by atoms with Crippen molar-refractivity contribution in [3.8, 4) is 0 Å². The van der Waals surface area contributed by atoms with Crippen LogP contribution in [0.15, 0.2) is 18.3 Å². The molecule has 124 valence electrons. The lowest BCUT2D eigenvalue weighted by Crippen LogP contribution is -2.51. The average Bonchev–Trinajstić information content (AvgIpc) is 2.96. The molecule has 0 aromatic carbocycles. The Morgan fingerprint density at radius 3 is 2.74 bits per heavy atom. The number of H-pyrrole nitrogens is 1. The number of fused-ring (bicyclic) bond motifs is 4. The van der Waals surface area contributed by atoms with E-state index < -0.39 is 0 Å². The van der Waals surface area contributed by atoms with Crippen molar-refractivity contribution in [3.05, 3.63) is 29.6 Å². The number of nitrogens with one attached hydrogen (secondary N) is 1. The number of hydrogen-bond donors (Lipinski definition) is 1. The smallest absolute Gasteiger partial charge is 0.137 e. The van der Waals surface area contributed by atoms with E-state index in [-0.39, 0.29) is 5.60 Å². The lowest BCUT2D eigenvalue weighted by Gasteiger charge is -2.50. The standard InChI is InChI=1S/C19H27N3O/c1-4-18(22(2)3)8-10-19(11-9-18)16-14(7-13-23-19)15-6-5-12-20-17(15)21-16/h5-6,12H,4,7-11,13H2,1-3H3,(H,20,21). The summed E-state index contributed by atoms with van der Waals surface area (Å²) in [5, 5.41) is 1.28. The number of nitrogens with zero attached hydrogens (tertiary/aromatic N) is 2. The van der Waals surface area contributed by atoms with Gasteiger partial charge in [0.2, 0.25) is 0 Å². The van der Waals surface area contributed by atoms with Gasteiger partial charge in [0.25, 0.3) is 0 Å². The van der Waals surface area contributed by atoms with Crippen LogP contribution in [0.2, 0.25) is 0 Å². The zero-order chi connectivity index (χ0) is 16.1. The van der Waals surface area contributed by atoms with E-state index >= 15 is 0 Å². The van der Waals surface area contributed by atoms with Crippen molar-refractivity contribution in [1.29, 1.82) is 0 Å². The molecule has 1 spiro atoms. The van der Waals surface area contributed by atoms with Crippen LogP contribution in [0.1, 0.15) is 50.3 Å². The normalized spacial score (nSPS) is 31.0. The van der Waals surface area contributed by atoms with E-state index in [4.69, 9.17) is 4.74 Å². The Kier molecular flexibility index (Phi) is 3.50. The van der Waals surface area contributed by atoms with Gasteiger partial charge in [0, 0.05) is 17.1 Å². The molecule has 4 heteroatoms. The van der Waals surface area contributed by atoms with Crippen LogP contribution in [-0.4, -0.2) is 41.1 Å². The van der Waals surface area contributed by atoms with Gasteiger partial charge in [-0.1, -0.05) is 6.92 Å². The van der Waals surface area contributed by atoms with E-state index in [0.29, 0.717) is 5.54 Å². The molecule has 1 aliphatic heterocycles. The van der Waals surface area contributed by atoms with Gasteiger partial charge in [-0.15, -0.1) is 0 Å². The van der Waals surface area contributed by atoms with Crippen LogP contribution in [0, 0.1) is 0 Å². The molecule has 4 nitrogen and oxygen atoms in total.